The highest BCUT2D eigenvalue weighted by Gasteiger charge is 2.27. The summed E-state index contributed by atoms with van der Waals surface area (Å²) in [6.07, 6.45) is 6.39. The Labute approximate surface area is 165 Å². The van der Waals surface area contributed by atoms with Crippen LogP contribution in [0.5, 0.6) is 11.5 Å². The van der Waals surface area contributed by atoms with Gasteiger partial charge in [0.2, 0.25) is 0 Å². The zero-order valence-electron chi connectivity index (χ0n) is 15.5. The molecule has 0 radical (unpaired) electrons. The van der Waals surface area contributed by atoms with Gasteiger partial charge < -0.3 is 20.9 Å². The van der Waals surface area contributed by atoms with Crippen molar-refractivity contribution in [1.82, 2.24) is 0 Å². The van der Waals surface area contributed by atoms with Crippen LogP contribution in [-0.2, 0) is 6.54 Å². The van der Waals surface area contributed by atoms with Crippen LogP contribution in [-0.4, -0.2) is 14.2 Å². The second-order valence-electron chi connectivity index (χ2n) is 6.84. The van der Waals surface area contributed by atoms with Gasteiger partial charge in [0.15, 0.2) is 0 Å². The van der Waals surface area contributed by atoms with E-state index in [0.717, 1.165) is 33.2 Å². The van der Waals surface area contributed by atoms with Gasteiger partial charge in [-0.2, -0.15) is 12.6 Å². The van der Waals surface area contributed by atoms with Crippen molar-refractivity contribution in [1.29, 1.82) is 0 Å². The number of nitrogens with two attached hydrogens (primary N) is 2. The van der Waals surface area contributed by atoms with E-state index in [2.05, 4.69) is 0 Å². The third-order valence-electron chi connectivity index (χ3n) is 5.26. The zero-order chi connectivity index (χ0) is 18.7. The molecule has 1 aromatic carbocycles. The average Bonchev–Trinajstić information content (AvgIpc) is 3.08. The first-order valence-electron chi connectivity index (χ1n) is 9.11. The summed E-state index contributed by atoms with van der Waals surface area (Å²) in [5.74, 6) is 2.15. The van der Waals surface area contributed by atoms with Crippen LogP contribution in [0.15, 0.2) is 18.2 Å². The molecular formula is C20H28N2O2S2. The predicted octanol–water partition coefficient (Wildman–Crippen LogP) is 5.02. The van der Waals surface area contributed by atoms with Crippen molar-refractivity contribution in [3.63, 3.8) is 0 Å². The summed E-state index contributed by atoms with van der Waals surface area (Å²) in [5.41, 5.74) is 15.1. The van der Waals surface area contributed by atoms with Gasteiger partial charge in [-0.1, -0.05) is 19.3 Å². The largest absolute Gasteiger partial charge is 0.496 e. The van der Waals surface area contributed by atoms with E-state index in [9.17, 15) is 0 Å². The summed E-state index contributed by atoms with van der Waals surface area (Å²) < 4.78 is 11.2. The van der Waals surface area contributed by atoms with Gasteiger partial charge in [-0.15, -0.1) is 11.3 Å². The maximum atomic E-state index is 6.19. The number of hydrogen-bond acceptors (Lipinski definition) is 6. The molecule has 4 nitrogen and oxygen atoms in total. The fourth-order valence-corrected chi connectivity index (χ4v) is 5.47. The highest BCUT2D eigenvalue weighted by molar-refractivity contribution is 7.80. The van der Waals surface area contributed by atoms with Crippen molar-refractivity contribution in [3.05, 3.63) is 28.6 Å². The Kier molecular flexibility index (Phi) is 6.37. The fraction of sp³-hybridized carbons (Fsp3) is 0.500. The topological polar surface area (TPSA) is 70.5 Å². The first-order valence-corrected chi connectivity index (χ1v) is 10.4. The molecule has 3 rings (SSSR count). The van der Waals surface area contributed by atoms with Crippen molar-refractivity contribution in [3.8, 4) is 22.6 Å². The van der Waals surface area contributed by atoms with Gasteiger partial charge in [0, 0.05) is 33.4 Å². The second kappa shape index (κ2) is 8.55. The molecule has 1 aromatic heterocycles. The van der Waals surface area contributed by atoms with Gasteiger partial charge in [0.1, 0.15) is 11.5 Å². The number of thiol groups is 1. The Morgan fingerprint density at radius 3 is 2.38 bits per heavy atom. The summed E-state index contributed by atoms with van der Waals surface area (Å²) in [5, 5.41) is 0.992. The van der Waals surface area contributed by atoms with Crippen LogP contribution in [0.1, 0.15) is 47.8 Å². The molecule has 142 valence electrons. The second-order valence-corrected chi connectivity index (χ2v) is 8.51. The minimum atomic E-state index is 0.192. The molecule has 0 amide bonds. The van der Waals surface area contributed by atoms with Crippen LogP contribution in [0.3, 0.4) is 0 Å². The number of rotatable bonds is 6. The predicted molar refractivity (Wildman–Crippen MR) is 113 cm³/mol. The summed E-state index contributed by atoms with van der Waals surface area (Å²) >= 11 is 6.64. The Hall–Kier alpha value is -1.37. The number of nitrogen functional groups attached to an aromatic ring is 1. The number of hydrogen-bond donors (Lipinski definition) is 3. The van der Waals surface area contributed by atoms with Crippen LogP contribution in [0.25, 0.3) is 11.1 Å². The van der Waals surface area contributed by atoms with E-state index < -0.39 is 0 Å². The summed E-state index contributed by atoms with van der Waals surface area (Å²) in [6, 6.07) is 6.00. The number of benzene rings is 1. The number of thiophene rings is 1. The minimum absolute atomic E-state index is 0.192. The Bertz CT molecular complexity index is 755. The highest BCUT2D eigenvalue weighted by atomic mass is 32.1. The lowest BCUT2D eigenvalue weighted by molar-refractivity contribution is 0.354. The van der Waals surface area contributed by atoms with Gasteiger partial charge in [-0.3, -0.25) is 0 Å². The Morgan fingerprint density at radius 2 is 1.77 bits per heavy atom. The monoisotopic (exact) mass is 392 g/mol. The van der Waals surface area contributed by atoms with Crippen LogP contribution in [0, 0.1) is 5.92 Å². The first-order chi connectivity index (χ1) is 12.6. The molecule has 6 heteroatoms. The molecule has 4 N–H and O–H groups in total. The summed E-state index contributed by atoms with van der Waals surface area (Å²) in [7, 11) is 3.34. The number of methoxy groups -OCH3 is 2. The summed E-state index contributed by atoms with van der Waals surface area (Å²) in [6.45, 7) is 0.399. The zero-order valence-corrected chi connectivity index (χ0v) is 17.2. The van der Waals surface area contributed by atoms with E-state index in [0.29, 0.717) is 12.5 Å². The lowest BCUT2D eigenvalue weighted by atomic mass is 9.85. The molecule has 2 aromatic rings. The quantitative estimate of drug-likeness (QED) is 0.603. The summed E-state index contributed by atoms with van der Waals surface area (Å²) in [4.78, 5) is 1.22. The molecule has 1 unspecified atom stereocenters. The Balaban J connectivity index is 2.07. The average molecular weight is 393 g/mol. The maximum Gasteiger partial charge on any atom is 0.127 e. The molecule has 0 aliphatic heterocycles. The van der Waals surface area contributed by atoms with Crippen molar-refractivity contribution in [2.24, 2.45) is 11.7 Å². The molecule has 1 aliphatic carbocycles. The molecule has 1 atom stereocenters. The molecule has 0 spiro atoms. The lowest BCUT2D eigenvalue weighted by Gasteiger charge is -2.27. The van der Waals surface area contributed by atoms with E-state index in [4.69, 9.17) is 33.6 Å². The van der Waals surface area contributed by atoms with Crippen molar-refractivity contribution in [2.45, 2.75) is 43.9 Å². The van der Waals surface area contributed by atoms with Gasteiger partial charge >= 0.3 is 0 Å². The van der Waals surface area contributed by atoms with Crippen LogP contribution in [0.4, 0.5) is 5.00 Å². The molecule has 1 fully saturated rings. The standard InChI is InChI=1S/C20H28N2O2S2/c1-23-16-9-14(17(24-2)8-13(16)11-21)15-10-18(22)26-20(15)19(25)12-6-4-3-5-7-12/h8-10,12,19,25H,3-7,11,21-22H2,1-2H3. The van der Waals surface area contributed by atoms with E-state index in [1.54, 1.807) is 25.6 Å². The van der Waals surface area contributed by atoms with Crippen LogP contribution in [0.2, 0.25) is 0 Å². The van der Waals surface area contributed by atoms with Crippen molar-refractivity contribution >= 4 is 29.0 Å². The van der Waals surface area contributed by atoms with E-state index in [1.807, 2.05) is 18.2 Å². The molecule has 1 saturated carbocycles. The highest BCUT2D eigenvalue weighted by Crippen LogP contribution is 2.49. The fourth-order valence-electron chi connectivity index (χ4n) is 3.85. The molecular weight excluding hydrogens is 364 g/mol. The van der Waals surface area contributed by atoms with Crippen LogP contribution >= 0.6 is 24.0 Å². The third kappa shape index (κ3) is 3.82. The molecule has 26 heavy (non-hydrogen) atoms. The smallest absolute Gasteiger partial charge is 0.127 e. The van der Waals surface area contributed by atoms with Gasteiger partial charge in [-0.05, 0) is 37.0 Å². The van der Waals surface area contributed by atoms with E-state index >= 15 is 0 Å². The molecule has 1 heterocycles. The molecule has 0 bridgehead atoms. The van der Waals surface area contributed by atoms with Crippen molar-refractivity contribution in [2.75, 3.05) is 20.0 Å². The molecule has 1 aliphatic rings. The van der Waals surface area contributed by atoms with E-state index in [1.165, 1.54) is 37.0 Å². The third-order valence-corrected chi connectivity index (χ3v) is 7.16. The SMILES string of the molecule is COc1cc(-c2cc(N)sc2C(S)C2CCCCC2)c(OC)cc1CN. The van der Waals surface area contributed by atoms with E-state index in [-0.39, 0.29) is 5.25 Å². The minimum Gasteiger partial charge on any atom is -0.496 e. The lowest BCUT2D eigenvalue weighted by Crippen LogP contribution is -2.12. The number of anilines is 1. The maximum absolute atomic E-state index is 6.19. The van der Waals surface area contributed by atoms with Gasteiger partial charge in [0.05, 0.1) is 19.2 Å². The van der Waals surface area contributed by atoms with Gasteiger partial charge in [-0.25, -0.2) is 0 Å². The Morgan fingerprint density at radius 1 is 1.08 bits per heavy atom. The van der Waals surface area contributed by atoms with Gasteiger partial charge in [0.25, 0.3) is 0 Å². The number of ether oxygens (including phenoxy) is 2. The van der Waals surface area contributed by atoms with Crippen LogP contribution < -0.4 is 20.9 Å². The molecule has 0 saturated heterocycles. The van der Waals surface area contributed by atoms with Crippen molar-refractivity contribution < 1.29 is 9.47 Å². The first kappa shape index (κ1) is 19.4. The normalized spacial score (nSPS) is 16.5.